The third-order valence-electron chi connectivity index (χ3n) is 4.08. The Morgan fingerprint density at radius 2 is 1.95 bits per heavy atom. The van der Waals surface area contributed by atoms with Gasteiger partial charge >= 0.3 is 5.97 Å². The first-order valence-electron chi connectivity index (χ1n) is 7.69. The fourth-order valence-electron chi connectivity index (χ4n) is 2.84. The molecule has 1 fully saturated rings. The van der Waals surface area contributed by atoms with Gasteiger partial charge in [-0.15, -0.1) is 0 Å². The predicted molar refractivity (Wildman–Crippen MR) is 79.4 cm³/mol. The number of carbonyl (C=O) groups is 2. The van der Waals surface area contributed by atoms with E-state index in [-0.39, 0.29) is 11.8 Å². The van der Waals surface area contributed by atoms with Crippen LogP contribution in [-0.2, 0) is 9.59 Å². The van der Waals surface area contributed by atoms with Gasteiger partial charge < -0.3 is 10.4 Å². The van der Waals surface area contributed by atoms with Crippen molar-refractivity contribution in [2.75, 3.05) is 0 Å². The fraction of sp³-hybridized carbons (Fsp3) is 0.750. The highest BCUT2D eigenvalue weighted by atomic mass is 16.4. The smallest absolute Gasteiger partial charge is 0.326 e. The summed E-state index contributed by atoms with van der Waals surface area (Å²) < 4.78 is 0. The van der Waals surface area contributed by atoms with Gasteiger partial charge in [0.2, 0.25) is 5.91 Å². The molecule has 114 valence electrons. The van der Waals surface area contributed by atoms with Gasteiger partial charge in [0.25, 0.3) is 0 Å². The zero-order valence-corrected chi connectivity index (χ0v) is 12.6. The van der Waals surface area contributed by atoms with Crippen LogP contribution in [0.25, 0.3) is 0 Å². The van der Waals surface area contributed by atoms with Crippen molar-refractivity contribution >= 4 is 11.9 Å². The van der Waals surface area contributed by atoms with Crippen LogP contribution in [0, 0.1) is 11.8 Å². The molecule has 2 N–H and O–H groups in total. The van der Waals surface area contributed by atoms with Crippen LogP contribution in [0.5, 0.6) is 0 Å². The highest BCUT2D eigenvalue weighted by molar-refractivity contribution is 5.84. The first-order valence-corrected chi connectivity index (χ1v) is 7.69. The lowest BCUT2D eigenvalue weighted by atomic mass is 9.83. The van der Waals surface area contributed by atoms with E-state index in [0.29, 0.717) is 12.3 Å². The summed E-state index contributed by atoms with van der Waals surface area (Å²) in [5.74, 6) is -0.581. The highest BCUT2D eigenvalue weighted by Crippen LogP contribution is 2.29. The maximum absolute atomic E-state index is 12.1. The Kier molecular flexibility index (Phi) is 7.34. The van der Waals surface area contributed by atoms with Gasteiger partial charge in [-0.25, -0.2) is 4.79 Å². The van der Waals surface area contributed by atoms with E-state index in [0.717, 1.165) is 6.42 Å². The van der Waals surface area contributed by atoms with Gasteiger partial charge in [-0.3, -0.25) is 4.79 Å². The Bertz CT molecular complexity index is 346. The number of aliphatic carboxylic acids is 1. The molecule has 0 heterocycles. The summed E-state index contributed by atoms with van der Waals surface area (Å²) in [6.07, 6.45) is 11.0. The standard InChI is InChI=1S/C16H27NO3/c1-3-4-10-14(16(19)20)17-15(18)12(2)11-13-8-6-5-7-9-13/h3-4,12-14H,5-11H2,1-2H3,(H,17,18)(H,19,20)/b4-3+. The number of rotatable bonds is 7. The highest BCUT2D eigenvalue weighted by Gasteiger charge is 2.24. The number of carbonyl (C=O) groups excluding carboxylic acids is 1. The first kappa shape index (κ1) is 16.7. The average Bonchev–Trinajstić information content (AvgIpc) is 2.43. The number of carboxylic acid groups (broad SMARTS) is 1. The summed E-state index contributed by atoms with van der Waals surface area (Å²) in [7, 11) is 0. The van der Waals surface area contributed by atoms with E-state index in [9.17, 15) is 9.59 Å². The first-order chi connectivity index (χ1) is 9.54. The van der Waals surface area contributed by atoms with Gasteiger partial charge in [0, 0.05) is 5.92 Å². The number of allylic oxidation sites excluding steroid dienone is 1. The van der Waals surface area contributed by atoms with Gasteiger partial charge in [-0.2, -0.15) is 0 Å². The number of hydrogen-bond acceptors (Lipinski definition) is 2. The van der Waals surface area contributed by atoms with Gasteiger partial charge in [-0.05, 0) is 25.7 Å². The Hall–Kier alpha value is -1.32. The minimum Gasteiger partial charge on any atom is -0.480 e. The number of carboxylic acids is 1. The number of hydrogen-bond donors (Lipinski definition) is 2. The molecule has 2 atom stereocenters. The van der Waals surface area contributed by atoms with Gasteiger partial charge in [0.1, 0.15) is 6.04 Å². The van der Waals surface area contributed by atoms with E-state index in [1.807, 2.05) is 13.8 Å². The summed E-state index contributed by atoms with van der Waals surface area (Å²) in [4.78, 5) is 23.2. The van der Waals surface area contributed by atoms with E-state index in [1.165, 1.54) is 32.1 Å². The maximum Gasteiger partial charge on any atom is 0.326 e. The molecule has 1 aliphatic rings. The molecular formula is C16H27NO3. The lowest BCUT2D eigenvalue weighted by molar-refractivity contribution is -0.142. The lowest BCUT2D eigenvalue weighted by Crippen LogP contribution is -2.43. The lowest BCUT2D eigenvalue weighted by Gasteiger charge is -2.25. The average molecular weight is 281 g/mol. The van der Waals surface area contributed by atoms with E-state index in [2.05, 4.69) is 5.32 Å². The normalized spacial score (nSPS) is 19.7. The molecule has 0 aromatic rings. The zero-order valence-electron chi connectivity index (χ0n) is 12.6. The molecule has 1 aliphatic carbocycles. The van der Waals surface area contributed by atoms with Crippen molar-refractivity contribution in [2.45, 2.75) is 64.8 Å². The number of nitrogens with one attached hydrogen (secondary N) is 1. The molecule has 0 radical (unpaired) electrons. The van der Waals surface area contributed by atoms with Crippen LogP contribution in [0.2, 0.25) is 0 Å². The van der Waals surface area contributed by atoms with Gasteiger partial charge in [0.15, 0.2) is 0 Å². The molecule has 0 bridgehead atoms. The molecule has 0 aromatic heterocycles. The summed E-state index contributed by atoms with van der Waals surface area (Å²) in [6.45, 7) is 3.74. The monoisotopic (exact) mass is 281 g/mol. The van der Waals surface area contributed by atoms with Crippen molar-refractivity contribution in [3.05, 3.63) is 12.2 Å². The Morgan fingerprint density at radius 3 is 2.50 bits per heavy atom. The van der Waals surface area contributed by atoms with Crippen LogP contribution in [0.1, 0.15) is 58.8 Å². The van der Waals surface area contributed by atoms with Crippen molar-refractivity contribution in [3.8, 4) is 0 Å². The summed E-state index contributed by atoms with van der Waals surface area (Å²) in [5.41, 5.74) is 0. The molecule has 0 saturated heterocycles. The Labute approximate surface area is 121 Å². The number of amides is 1. The minimum absolute atomic E-state index is 0.106. The van der Waals surface area contributed by atoms with Crippen molar-refractivity contribution < 1.29 is 14.7 Å². The second-order valence-corrected chi connectivity index (χ2v) is 5.84. The third kappa shape index (κ3) is 5.76. The van der Waals surface area contributed by atoms with Gasteiger partial charge in [0.05, 0.1) is 0 Å². The van der Waals surface area contributed by atoms with E-state index in [1.54, 1.807) is 12.2 Å². The zero-order chi connectivity index (χ0) is 15.0. The van der Waals surface area contributed by atoms with Crippen LogP contribution < -0.4 is 5.32 Å². The maximum atomic E-state index is 12.1. The van der Waals surface area contributed by atoms with E-state index >= 15 is 0 Å². The summed E-state index contributed by atoms with van der Waals surface area (Å²) in [6, 6.07) is -0.812. The Balaban J connectivity index is 2.43. The second-order valence-electron chi connectivity index (χ2n) is 5.84. The second kappa shape index (κ2) is 8.77. The molecule has 4 heteroatoms. The van der Waals surface area contributed by atoms with Crippen molar-refractivity contribution in [3.63, 3.8) is 0 Å². The summed E-state index contributed by atoms with van der Waals surface area (Å²) in [5, 5.41) is 11.8. The van der Waals surface area contributed by atoms with Crippen LogP contribution in [-0.4, -0.2) is 23.0 Å². The van der Waals surface area contributed by atoms with Crippen LogP contribution in [0.3, 0.4) is 0 Å². The minimum atomic E-state index is -0.971. The summed E-state index contributed by atoms with van der Waals surface area (Å²) >= 11 is 0. The SMILES string of the molecule is C/C=C/CC(NC(=O)C(C)CC1CCCCC1)C(=O)O. The van der Waals surface area contributed by atoms with E-state index in [4.69, 9.17) is 5.11 Å². The largest absolute Gasteiger partial charge is 0.480 e. The fourth-order valence-corrected chi connectivity index (χ4v) is 2.84. The molecule has 0 spiro atoms. The molecule has 0 aliphatic heterocycles. The van der Waals surface area contributed by atoms with Crippen LogP contribution >= 0.6 is 0 Å². The predicted octanol–water partition coefficient (Wildman–Crippen LogP) is 3.13. The van der Waals surface area contributed by atoms with Crippen molar-refractivity contribution in [1.82, 2.24) is 5.32 Å². The Morgan fingerprint density at radius 1 is 1.30 bits per heavy atom. The quantitative estimate of drug-likeness (QED) is 0.705. The van der Waals surface area contributed by atoms with Gasteiger partial charge in [-0.1, -0.05) is 51.2 Å². The van der Waals surface area contributed by atoms with Crippen LogP contribution in [0.4, 0.5) is 0 Å². The van der Waals surface area contributed by atoms with Crippen LogP contribution in [0.15, 0.2) is 12.2 Å². The molecular weight excluding hydrogens is 254 g/mol. The molecule has 2 unspecified atom stereocenters. The molecule has 1 rings (SSSR count). The molecule has 4 nitrogen and oxygen atoms in total. The molecule has 1 amide bonds. The topological polar surface area (TPSA) is 66.4 Å². The molecule has 0 aromatic carbocycles. The molecule has 1 saturated carbocycles. The van der Waals surface area contributed by atoms with Crippen molar-refractivity contribution in [1.29, 1.82) is 0 Å². The van der Waals surface area contributed by atoms with E-state index < -0.39 is 12.0 Å². The molecule has 20 heavy (non-hydrogen) atoms. The third-order valence-corrected chi connectivity index (χ3v) is 4.08. The van der Waals surface area contributed by atoms with Crippen molar-refractivity contribution in [2.24, 2.45) is 11.8 Å².